The van der Waals surface area contributed by atoms with Gasteiger partial charge in [-0.1, -0.05) is 12.1 Å². The molecule has 34 heavy (non-hydrogen) atoms. The largest absolute Gasteiger partial charge is 0.377 e. The van der Waals surface area contributed by atoms with Crippen molar-refractivity contribution in [3.63, 3.8) is 0 Å². The van der Waals surface area contributed by atoms with Gasteiger partial charge in [0.05, 0.1) is 50.4 Å². The van der Waals surface area contributed by atoms with Crippen LogP contribution < -0.4 is 0 Å². The van der Waals surface area contributed by atoms with Crippen molar-refractivity contribution in [3.05, 3.63) is 11.4 Å². The quantitative estimate of drug-likeness (QED) is 0.208. The molecule has 1 aliphatic heterocycles. The Morgan fingerprint density at radius 2 is 1.91 bits per heavy atom. The molecule has 0 bridgehead atoms. The van der Waals surface area contributed by atoms with Crippen LogP contribution in [0.25, 0.3) is 0 Å². The van der Waals surface area contributed by atoms with Gasteiger partial charge in [-0.05, 0) is 43.4 Å². The SMILES string of the molecule is BC1OC(COP(C)(=O)O)C(O)N(OCCOCCn2nnc3c2CCC2C(C)C2CC3)C1O. The number of aromatic nitrogens is 3. The second-order valence-electron chi connectivity index (χ2n) is 9.58. The molecule has 0 amide bonds. The zero-order valence-corrected chi connectivity index (χ0v) is 20.9. The summed E-state index contributed by atoms with van der Waals surface area (Å²) < 4.78 is 29.3. The molecule has 12 nitrogen and oxygen atoms in total. The van der Waals surface area contributed by atoms with Crippen LogP contribution in [0.2, 0.25) is 0 Å². The van der Waals surface area contributed by atoms with Crippen LogP contribution in [-0.2, 0) is 42.8 Å². The third-order valence-electron chi connectivity index (χ3n) is 7.16. The highest BCUT2D eigenvalue weighted by atomic mass is 31.2. The van der Waals surface area contributed by atoms with Crippen LogP contribution >= 0.6 is 7.60 Å². The van der Waals surface area contributed by atoms with E-state index in [-0.39, 0.29) is 19.8 Å². The molecule has 8 unspecified atom stereocenters. The first-order valence-electron chi connectivity index (χ1n) is 12.0. The maximum atomic E-state index is 11.4. The van der Waals surface area contributed by atoms with Crippen molar-refractivity contribution in [2.75, 3.05) is 33.1 Å². The number of hydrogen-bond donors (Lipinski definition) is 3. The number of aliphatic hydroxyl groups is 2. The van der Waals surface area contributed by atoms with Crippen molar-refractivity contribution in [2.45, 2.75) is 63.7 Å². The molecule has 1 saturated carbocycles. The van der Waals surface area contributed by atoms with Gasteiger partial charge in [-0.3, -0.25) is 9.40 Å². The summed E-state index contributed by atoms with van der Waals surface area (Å²) >= 11 is 0. The fourth-order valence-electron chi connectivity index (χ4n) is 5.10. The molecule has 1 aromatic rings. The van der Waals surface area contributed by atoms with Crippen molar-refractivity contribution < 1.29 is 38.5 Å². The van der Waals surface area contributed by atoms with Crippen LogP contribution in [-0.4, -0.2) is 101 Å². The van der Waals surface area contributed by atoms with Gasteiger partial charge in [0.15, 0.2) is 12.5 Å². The van der Waals surface area contributed by atoms with Crippen LogP contribution in [0.3, 0.4) is 0 Å². The lowest BCUT2D eigenvalue weighted by Gasteiger charge is -2.43. The van der Waals surface area contributed by atoms with E-state index in [0.29, 0.717) is 13.2 Å². The zero-order valence-electron chi connectivity index (χ0n) is 20.0. The van der Waals surface area contributed by atoms with Crippen molar-refractivity contribution in [1.82, 2.24) is 20.1 Å². The first kappa shape index (κ1) is 26.2. The maximum Gasteiger partial charge on any atom is 0.325 e. The maximum absolute atomic E-state index is 11.4. The fraction of sp³-hybridized carbons (Fsp3) is 0.900. The van der Waals surface area contributed by atoms with Gasteiger partial charge in [0.25, 0.3) is 0 Å². The van der Waals surface area contributed by atoms with Crippen LogP contribution in [0.15, 0.2) is 0 Å². The standard InChI is InChI=1S/C20H36BN4O8P/c1-12-13-3-5-15-16(6-4-14(12)13)24(23-22-15)7-8-30-9-10-31-25-19(26)17(11-32-34(2,28)29)33-18(21)20(25)27/h12-14,17-20,26-27H,3-11,21H2,1-2H3,(H,28,29). The van der Waals surface area contributed by atoms with Crippen molar-refractivity contribution in [3.8, 4) is 0 Å². The molecule has 2 heterocycles. The molecule has 2 aliphatic carbocycles. The third kappa shape index (κ3) is 6.26. The number of aryl methyl sites for hydroxylation is 1. The Kier molecular flexibility index (Phi) is 8.49. The molecule has 192 valence electrons. The molecule has 14 heteroatoms. The number of nitrogens with zero attached hydrogens (tertiary/aromatic N) is 4. The minimum absolute atomic E-state index is 0.0944. The normalized spacial score (nSPS) is 35.6. The summed E-state index contributed by atoms with van der Waals surface area (Å²) in [6, 6.07) is -0.700. The molecule has 4 rings (SSSR count). The molecule has 3 aliphatic rings. The lowest BCUT2D eigenvalue weighted by molar-refractivity contribution is -0.368. The highest BCUT2D eigenvalue weighted by Crippen LogP contribution is 2.52. The predicted octanol–water partition coefficient (Wildman–Crippen LogP) is -0.884. The van der Waals surface area contributed by atoms with Crippen LogP contribution in [0.5, 0.6) is 0 Å². The highest BCUT2D eigenvalue weighted by molar-refractivity contribution is 7.51. The first-order valence-corrected chi connectivity index (χ1v) is 14.0. The number of hydrogen-bond acceptors (Lipinski definition) is 10. The average molecular weight is 502 g/mol. The Morgan fingerprint density at radius 3 is 2.65 bits per heavy atom. The molecular weight excluding hydrogens is 466 g/mol. The molecule has 3 N–H and O–H groups in total. The minimum atomic E-state index is -3.73. The summed E-state index contributed by atoms with van der Waals surface area (Å²) in [7, 11) is -2.12. The summed E-state index contributed by atoms with van der Waals surface area (Å²) in [5, 5.41) is 30.4. The Bertz CT molecular complexity index is 872. The van der Waals surface area contributed by atoms with E-state index < -0.39 is 32.2 Å². The molecule has 2 fully saturated rings. The van der Waals surface area contributed by atoms with E-state index in [9.17, 15) is 19.7 Å². The second kappa shape index (κ2) is 11.0. The number of ether oxygens (including phenoxy) is 2. The Morgan fingerprint density at radius 1 is 1.18 bits per heavy atom. The van der Waals surface area contributed by atoms with Gasteiger partial charge in [0, 0.05) is 6.66 Å². The van der Waals surface area contributed by atoms with Gasteiger partial charge in [0.2, 0.25) is 0 Å². The Hall–Kier alpha value is -0.885. The van der Waals surface area contributed by atoms with E-state index in [2.05, 4.69) is 17.2 Å². The third-order valence-corrected chi connectivity index (χ3v) is 7.79. The summed E-state index contributed by atoms with van der Waals surface area (Å²) in [5.74, 6) is 2.55. The van der Waals surface area contributed by atoms with Gasteiger partial charge >= 0.3 is 7.60 Å². The number of hydroxylamine groups is 2. The zero-order chi connectivity index (χ0) is 24.5. The van der Waals surface area contributed by atoms with Crippen molar-refractivity contribution in [1.29, 1.82) is 0 Å². The molecule has 1 saturated heterocycles. The molecule has 0 radical (unpaired) electrons. The van der Waals surface area contributed by atoms with Crippen LogP contribution in [0.1, 0.15) is 31.2 Å². The highest BCUT2D eigenvalue weighted by Gasteiger charge is 2.46. The van der Waals surface area contributed by atoms with Crippen molar-refractivity contribution in [2.24, 2.45) is 17.8 Å². The molecule has 0 aromatic carbocycles. The van der Waals surface area contributed by atoms with E-state index in [4.69, 9.17) is 18.8 Å². The molecule has 0 spiro atoms. The van der Waals surface area contributed by atoms with E-state index >= 15 is 0 Å². The van der Waals surface area contributed by atoms with Gasteiger partial charge in [-0.15, -0.1) is 10.2 Å². The second-order valence-corrected chi connectivity index (χ2v) is 11.4. The van der Waals surface area contributed by atoms with Crippen molar-refractivity contribution >= 4 is 15.4 Å². The number of fused-ring (bicyclic) bond motifs is 2. The van der Waals surface area contributed by atoms with Gasteiger partial charge in [-0.2, -0.15) is 0 Å². The summed E-state index contributed by atoms with van der Waals surface area (Å²) in [6.45, 7) is 4.45. The topological polar surface area (TPSA) is 149 Å². The van der Waals surface area contributed by atoms with E-state index in [0.717, 1.165) is 48.0 Å². The molecular formula is C20H36BN4O8P. The summed E-state index contributed by atoms with van der Waals surface area (Å²) in [4.78, 5) is 14.8. The monoisotopic (exact) mass is 502 g/mol. The average Bonchev–Trinajstić information content (AvgIpc) is 3.19. The number of aliphatic hydroxyl groups excluding tert-OH is 2. The summed E-state index contributed by atoms with van der Waals surface area (Å²) in [6.07, 6.45) is 0.867. The smallest absolute Gasteiger partial charge is 0.325 e. The van der Waals surface area contributed by atoms with E-state index in [1.807, 2.05) is 4.68 Å². The number of morpholine rings is 1. The van der Waals surface area contributed by atoms with Crippen LogP contribution in [0.4, 0.5) is 0 Å². The first-order chi connectivity index (χ1) is 16.2. The summed E-state index contributed by atoms with van der Waals surface area (Å²) in [5.41, 5.74) is 2.34. The fourth-order valence-corrected chi connectivity index (χ4v) is 5.52. The van der Waals surface area contributed by atoms with Gasteiger partial charge < -0.3 is 29.1 Å². The van der Waals surface area contributed by atoms with Gasteiger partial charge in [-0.25, -0.2) is 4.68 Å². The molecule has 8 atom stereocenters. The van der Waals surface area contributed by atoms with E-state index in [1.165, 1.54) is 18.5 Å². The Balaban J connectivity index is 1.18. The molecule has 1 aromatic heterocycles. The lowest BCUT2D eigenvalue weighted by atomic mass is 9.96. The van der Waals surface area contributed by atoms with E-state index in [1.54, 1.807) is 7.85 Å². The predicted molar refractivity (Wildman–Crippen MR) is 122 cm³/mol. The van der Waals surface area contributed by atoms with Crippen LogP contribution in [0, 0.1) is 17.8 Å². The Labute approximate surface area is 200 Å². The number of rotatable bonds is 10. The lowest BCUT2D eigenvalue weighted by Crippen LogP contribution is -2.62. The minimum Gasteiger partial charge on any atom is -0.377 e. The van der Waals surface area contributed by atoms with Gasteiger partial charge in [0.1, 0.15) is 14.0 Å².